The van der Waals surface area contributed by atoms with Gasteiger partial charge in [-0.3, -0.25) is 4.90 Å². The monoisotopic (exact) mass is 517 g/mol. The number of ether oxygens (including phenoxy) is 2. The molecule has 0 unspecified atom stereocenters. The maximum absolute atomic E-state index is 15.6. The van der Waals surface area contributed by atoms with Crippen molar-refractivity contribution in [2.75, 3.05) is 18.0 Å². The molecule has 3 heterocycles. The number of carbonyl (C=O) groups is 2. The number of likely N-dealkylation sites (tertiary alicyclic amines) is 1. The number of benzene rings is 1. The lowest BCUT2D eigenvalue weighted by atomic mass is 9.92. The van der Waals surface area contributed by atoms with Gasteiger partial charge in [-0.15, -0.1) is 11.3 Å². The van der Waals surface area contributed by atoms with Crippen LogP contribution >= 0.6 is 11.3 Å². The normalized spacial score (nSPS) is 21.3. The SMILES string of the molecule is C[C@H]1CCc2c(ccc(-c3csc(C4(F)CN(C(=O)OC(C)(C)C)C4)n3)c2OC2CCC2)N1C(=O)O. The van der Waals surface area contributed by atoms with Gasteiger partial charge in [0.15, 0.2) is 5.67 Å². The lowest BCUT2D eigenvalue weighted by Gasteiger charge is -2.43. The summed E-state index contributed by atoms with van der Waals surface area (Å²) in [5.41, 5.74) is 0.485. The van der Waals surface area contributed by atoms with Crippen LogP contribution in [0.25, 0.3) is 11.3 Å². The first-order valence-corrected chi connectivity index (χ1v) is 13.3. The van der Waals surface area contributed by atoms with Gasteiger partial charge in [-0.2, -0.15) is 0 Å². The summed E-state index contributed by atoms with van der Waals surface area (Å²) in [6.45, 7) is 7.03. The molecule has 1 aromatic heterocycles. The topological polar surface area (TPSA) is 92.2 Å². The minimum absolute atomic E-state index is 0.0903. The van der Waals surface area contributed by atoms with Gasteiger partial charge in [-0.25, -0.2) is 19.0 Å². The largest absolute Gasteiger partial charge is 0.489 e. The van der Waals surface area contributed by atoms with E-state index in [1.165, 1.54) is 21.1 Å². The fourth-order valence-electron chi connectivity index (χ4n) is 4.84. The molecule has 36 heavy (non-hydrogen) atoms. The van der Waals surface area contributed by atoms with Crippen LogP contribution in [0.5, 0.6) is 5.75 Å². The molecule has 1 aliphatic carbocycles. The Hall–Kier alpha value is -2.88. The summed E-state index contributed by atoms with van der Waals surface area (Å²) in [6, 6.07) is 3.51. The van der Waals surface area contributed by atoms with E-state index >= 15 is 4.39 Å². The summed E-state index contributed by atoms with van der Waals surface area (Å²) in [7, 11) is 0. The number of thiazole rings is 1. The molecule has 2 amide bonds. The first-order chi connectivity index (χ1) is 16.9. The summed E-state index contributed by atoms with van der Waals surface area (Å²) in [4.78, 5) is 31.6. The lowest BCUT2D eigenvalue weighted by Crippen LogP contribution is -2.59. The van der Waals surface area contributed by atoms with Gasteiger partial charge < -0.3 is 19.5 Å². The number of amides is 2. The highest BCUT2D eigenvalue weighted by Crippen LogP contribution is 2.46. The van der Waals surface area contributed by atoms with E-state index in [4.69, 9.17) is 9.47 Å². The molecule has 1 saturated carbocycles. The minimum atomic E-state index is -1.72. The van der Waals surface area contributed by atoms with Gasteiger partial charge in [0.2, 0.25) is 0 Å². The molecule has 2 aliphatic heterocycles. The van der Waals surface area contributed by atoms with Gasteiger partial charge in [0.25, 0.3) is 0 Å². The second-order valence-electron chi connectivity index (χ2n) is 11.0. The minimum Gasteiger partial charge on any atom is -0.489 e. The van der Waals surface area contributed by atoms with Crippen molar-refractivity contribution in [3.63, 3.8) is 0 Å². The van der Waals surface area contributed by atoms with Crippen molar-refractivity contribution in [2.45, 2.75) is 83.2 Å². The smallest absolute Gasteiger partial charge is 0.412 e. The number of carboxylic acid groups (broad SMARTS) is 1. The van der Waals surface area contributed by atoms with E-state index in [1.807, 2.05) is 18.4 Å². The van der Waals surface area contributed by atoms with Crippen molar-refractivity contribution >= 4 is 29.2 Å². The van der Waals surface area contributed by atoms with Crippen molar-refractivity contribution in [3.8, 4) is 17.0 Å². The van der Waals surface area contributed by atoms with E-state index in [0.29, 0.717) is 35.0 Å². The molecule has 1 atom stereocenters. The van der Waals surface area contributed by atoms with Gasteiger partial charge in [-0.1, -0.05) is 0 Å². The van der Waals surface area contributed by atoms with Crippen LogP contribution in [0.4, 0.5) is 19.7 Å². The molecule has 194 valence electrons. The third kappa shape index (κ3) is 4.51. The van der Waals surface area contributed by atoms with E-state index in [-0.39, 0.29) is 25.2 Å². The lowest BCUT2D eigenvalue weighted by molar-refractivity contribution is -0.0537. The number of hydrogen-bond acceptors (Lipinski definition) is 6. The average molecular weight is 518 g/mol. The third-order valence-corrected chi connectivity index (χ3v) is 8.01. The predicted molar refractivity (Wildman–Crippen MR) is 135 cm³/mol. The maximum atomic E-state index is 15.6. The maximum Gasteiger partial charge on any atom is 0.412 e. The van der Waals surface area contributed by atoms with Gasteiger partial charge in [0.1, 0.15) is 16.4 Å². The van der Waals surface area contributed by atoms with Gasteiger partial charge in [0, 0.05) is 22.5 Å². The third-order valence-electron chi connectivity index (χ3n) is 6.99. The molecule has 1 aromatic carbocycles. The second-order valence-corrected chi connectivity index (χ2v) is 11.8. The highest BCUT2D eigenvalue weighted by atomic mass is 32.1. The fourth-order valence-corrected chi connectivity index (χ4v) is 5.73. The summed E-state index contributed by atoms with van der Waals surface area (Å²) >= 11 is 1.22. The van der Waals surface area contributed by atoms with Crippen molar-refractivity contribution in [1.82, 2.24) is 9.88 Å². The number of rotatable bonds is 4. The van der Waals surface area contributed by atoms with E-state index in [0.717, 1.165) is 30.4 Å². The zero-order chi connectivity index (χ0) is 25.8. The Kier molecular flexibility index (Phi) is 6.13. The summed E-state index contributed by atoms with van der Waals surface area (Å²) in [5, 5.41) is 11.9. The number of fused-ring (bicyclic) bond motifs is 1. The Morgan fingerprint density at radius 1 is 1.22 bits per heavy atom. The van der Waals surface area contributed by atoms with Crippen molar-refractivity contribution in [1.29, 1.82) is 0 Å². The van der Waals surface area contributed by atoms with Crippen molar-refractivity contribution < 1.29 is 28.6 Å². The Balaban J connectivity index is 1.43. The molecule has 1 N–H and O–H groups in total. The number of nitrogens with zero attached hydrogens (tertiary/aromatic N) is 3. The zero-order valence-corrected chi connectivity index (χ0v) is 21.9. The molecule has 3 aliphatic rings. The van der Waals surface area contributed by atoms with Crippen LogP contribution in [0.1, 0.15) is 63.9 Å². The Bertz CT molecular complexity index is 1180. The van der Waals surface area contributed by atoms with Gasteiger partial charge in [0.05, 0.1) is 30.6 Å². The fraction of sp³-hybridized carbons (Fsp3) is 0.577. The molecule has 0 bridgehead atoms. The number of aromatic nitrogens is 1. The quantitative estimate of drug-likeness (QED) is 0.537. The number of halogens is 1. The highest BCUT2D eigenvalue weighted by Gasteiger charge is 2.50. The van der Waals surface area contributed by atoms with Crippen LogP contribution in [0.2, 0.25) is 0 Å². The average Bonchev–Trinajstić information content (AvgIpc) is 3.22. The molecule has 5 rings (SSSR count). The molecule has 1 saturated heterocycles. The molecule has 0 spiro atoms. The molecule has 2 fully saturated rings. The predicted octanol–water partition coefficient (Wildman–Crippen LogP) is 5.98. The Morgan fingerprint density at radius 3 is 2.56 bits per heavy atom. The van der Waals surface area contributed by atoms with Crippen molar-refractivity contribution in [2.24, 2.45) is 0 Å². The van der Waals surface area contributed by atoms with Gasteiger partial charge >= 0.3 is 12.2 Å². The van der Waals surface area contributed by atoms with Crippen LogP contribution in [-0.4, -0.2) is 58.0 Å². The Labute approximate surface area is 214 Å². The molecule has 0 radical (unpaired) electrons. The van der Waals surface area contributed by atoms with Crippen LogP contribution in [-0.2, 0) is 16.8 Å². The highest BCUT2D eigenvalue weighted by molar-refractivity contribution is 7.10. The number of hydrogen-bond donors (Lipinski definition) is 1. The Morgan fingerprint density at radius 2 is 1.94 bits per heavy atom. The second kappa shape index (κ2) is 8.90. The molecule has 10 heteroatoms. The number of carbonyl (C=O) groups excluding carboxylic acids is 1. The van der Waals surface area contributed by atoms with Crippen LogP contribution in [0.15, 0.2) is 17.5 Å². The van der Waals surface area contributed by atoms with E-state index in [2.05, 4.69) is 4.98 Å². The standard InChI is InChI=1S/C26H32FN3O5S/c1-15-8-9-18-20(30(15)23(31)32)11-10-17(21(18)34-16-6-5-7-16)19-12-36-22(28-19)26(27)13-29(14-26)24(33)35-25(2,3)4/h10-12,15-16H,5-9,13-14H2,1-4H3,(H,31,32)/t15-/m0/s1. The summed E-state index contributed by atoms with van der Waals surface area (Å²) in [6.07, 6.45) is 2.98. The summed E-state index contributed by atoms with van der Waals surface area (Å²) < 4.78 is 27.4. The number of alkyl halides is 1. The molecular formula is C26H32FN3O5S. The first-order valence-electron chi connectivity index (χ1n) is 12.4. The van der Waals surface area contributed by atoms with Crippen LogP contribution in [0.3, 0.4) is 0 Å². The first kappa shape index (κ1) is 24.8. The van der Waals surface area contributed by atoms with E-state index in [1.54, 1.807) is 26.8 Å². The summed E-state index contributed by atoms with van der Waals surface area (Å²) in [5.74, 6) is 0.657. The van der Waals surface area contributed by atoms with Gasteiger partial charge in [-0.05, 0) is 71.9 Å². The zero-order valence-electron chi connectivity index (χ0n) is 21.0. The molecular weight excluding hydrogens is 485 g/mol. The molecule has 8 nitrogen and oxygen atoms in total. The van der Waals surface area contributed by atoms with Crippen LogP contribution < -0.4 is 9.64 Å². The van der Waals surface area contributed by atoms with E-state index < -0.39 is 23.5 Å². The van der Waals surface area contributed by atoms with E-state index in [9.17, 15) is 14.7 Å². The van der Waals surface area contributed by atoms with Crippen molar-refractivity contribution in [3.05, 3.63) is 28.1 Å². The molecule has 2 aromatic rings. The van der Waals surface area contributed by atoms with Crippen LogP contribution in [0, 0.1) is 0 Å². The number of anilines is 1.